The fraction of sp³-hybridized carbons (Fsp3) is 0.333. The van der Waals surface area contributed by atoms with Gasteiger partial charge in [-0.05, 0) is 30.5 Å². The molecule has 0 aliphatic rings. The minimum absolute atomic E-state index is 0.160. The zero-order chi connectivity index (χ0) is 8.10. The van der Waals surface area contributed by atoms with Gasteiger partial charge in [0.15, 0.2) is 0 Å². The lowest BCUT2D eigenvalue weighted by Crippen LogP contribution is -1.85. The standard InChI is InChI=1S/C9H10BrF/c10-7-1-2-8-3-5-9(11)6-4-8/h3-6H,1-2,7H2. The Hall–Kier alpha value is -0.370. The first-order chi connectivity index (χ1) is 5.33. The molecule has 1 aromatic carbocycles. The average Bonchev–Trinajstić information content (AvgIpc) is 2.04. The number of rotatable bonds is 3. The van der Waals surface area contributed by atoms with Gasteiger partial charge < -0.3 is 0 Å². The second kappa shape index (κ2) is 4.50. The van der Waals surface area contributed by atoms with Gasteiger partial charge in [0.25, 0.3) is 0 Å². The van der Waals surface area contributed by atoms with Crippen molar-refractivity contribution in [2.45, 2.75) is 12.8 Å². The Morgan fingerprint density at radius 1 is 1.18 bits per heavy atom. The van der Waals surface area contributed by atoms with E-state index in [9.17, 15) is 4.39 Å². The molecule has 60 valence electrons. The third kappa shape index (κ3) is 3.02. The largest absolute Gasteiger partial charge is 0.207 e. The lowest BCUT2D eigenvalue weighted by molar-refractivity contribution is 0.627. The van der Waals surface area contributed by atoms with Crippen LogP contribution >= 0.6 is 15.9 Å². The van der Waals surface area contributed by atoms with Crippen molar-refractivity contribution in [1.82, 2.24) is 0 Å². The van der Waals surface area contributed by atoms with E-state index in [2.05, 4.69) is 15.9 Å². The molecule has 0 radical (unpaired) electrons. The highest BCUT2D eigenvalue weighted by Gasteiger charge is 1.92. The molecule has 0 saturated heterocycles. The highest BCUT2D eigenvalue weighted by Crippen LogP contribution is 2.05. The molecule has 1 rings (SSSR count). The molecular weight excluding hydrogens is 207 g/mol. The Bertz CT molecular complexity index is 205. The summed E-state index contributed by atoms with van der Waals surface area (Å²) in [4.78, 5) is 0. The average molecular weight is 217 g/mol. The van der Waals surface area contributed by atoms with E-state index in [1.54, 1.807) is 0 Å². The lowest BCUT2D eigenvalue weighted by Gasteiger charge is -1.97. The number of halogens is 2. The summed E-state index contributed by atoms with van der Waals surface area (Å²) >= 11 is 3.35. The van der Waals surface area contributed by atoms with Gasteiger partial charge in [-0.15, -0.1) is 0 Å². The summed E-state index contributed by atoms with van der Waals surface area (Å²) in [5.74, 6) is -0.160. The van der Waals surface area contributed by atoms with Gasteiger partial charge >= 0.3 is 0 Å². The third-order valence-corrected chi connectivity index (χ3v) is 2.07. The van der Waals surface area contributed by atoms with E-state index in [1.165, 1.54) is 17.7 Å². The number of aryl methyl sites for hydroxylation is 1. The summed E-state index contributed by atoms with van der Waals surface area (Å²) in [5, 5.41) is 1.00. The zero-order valence-electron chi connectivity index (χ0n) is 6.19. The smallest absolute Gasteiger partial charge is 0.123 e. The molecule has 1 aromatic rings. The predicted octanol–water partition coefficient (Wildman–Crippen LogP) is 3.15. The summed E-state index contributed by atoms with van der Waals surface area (Å²) in [6.45, 7) is 0. The van der Waals surface area contributed by atoms with Crippen LogP contribution in [0.3, 0.4) is 0 Å². The van der Waals surface area contributed by atoms with Crippen molar-refractivity contribution in [2.24, 2.45) is 0 Å². The van der Waals surface area contributed by atoms with Crippen LogP contribution in [0.25, 0.3) is 0 Å². The molecule has 2 heteroatoms. The Morgan fingerprint density at radius 2 is 1.82 bits per heavy atom. The zero-order valence-corrected chi connectivity index (χ0v) is 7.77. The molecule has 0 spiro atoms. The summed E-state index contributed by atoms with van der Waals surface area (Å²) in [6.07, 6.45) is 2.12. The minimum Gasteiger partial charge on any atom is -0.207 e. The molecule has 0 amide bonds. The van der Waals surface area contributed by atoms with Gasteiger partial charge in [0.2, 0.25) is 0 Å². The summed E-state index contributed by atoms with van der Waals surface area (Å²) in [6, 6.07) is 6.67. The first-order valence-corrected chi connectivity index (χ1v) is 4.75. The van der Waals surface area contributed by atoms with Crippen molar-refractivity contribution in [2.75, 3.05) is 5.33 Å². The van der Waals surface area contributed by atoms with Gasteiger partial charge in [-0.1, -0.05) is 28.1 Å². The van der Waals surface area contributed by atoms with Crippen LogP contribution in [0.2, 0.25) is 0 Å². The molecule has 0 N–H and O–H groups in total. The van der Waals surface area contributed by atoms with Gasteiger partial charge in [-0.25, -0.2) is 4.39 Å². The summed E-state index contributed by atoms with van der Waals surface area (Å²) in [5.41, 5.74) is 1.20. The van der Waals surface area contributed by atoms with E-state index in [4.69, 9.17) is 0 Å². The maximum Gasteiger partial charge on any atom is 0.123 e. The molecule has 0 bridgehead atoms. The minimum atomic E-state index is -0.160. The number of hydrogen-bond acceptors (Lipinski definition) is 0. The topological polar surface area (TPSA) is 0 Å². The molecule has 11 heavy (non-hydrogen) atoms. The predicted molar refractivity (Wildman–Crippen MR) is 48.5 cm³/mol. The van der Waals surface area contributed by atoms with E-state index in [0.717, 1.165) is 18.2 Å². The normalized spacial score (nSPS) is 10.0. The molecule has 0 atom stereocenters. The van der Waals surface area contributed by atoms with Crippen molar-refractivity contribution in [3.63, 3.8) is 0 Å². The van der Waals surface area contributed by atoms with E-state index < -0.39 is 0 Å². The van der Waals surface area contributed by atoms with Crippen LogP contribution in [-0.4, -0.2) is 5.33 Å². The van der Waals surface area contributed by atoms with Crippen molar-refractivity contribution in [3.8, 4) is 0 Å². The van der Waals surface area contributed by atoms with Gasteiger partial charge in [-0.2, -0.15) is 0 Å². The number of hydrogen-bond donors (Lipinski definition) is 0. The fourth-order valence-corrected chi connectivity index (χ4v) is 1.20. The van der Waals surface area contributed by atoms with Crippen LogP contribution in [0.4, 0.5) is 4.39 Å². The lowest BCUT2D eigenvalue weighted by atomic mass is 10.1. The molecule has 0 heterocycles. The van der Waals surface area contributed by atoms with Crippen molar-refractivity contribution < 1.29 is 4.39 Å². The second-order valence-electron chi connectivity index (χ2n) is 2.42. The van der Waals surface area contributed by atoms with Crippen LogP contribution in [-0.2, 0) is 6.42 Å². The molecule has 0 aliphatic carbocycles. The van der Waals surface area contributed by atoms with Crippen molar-refractivity contribution in [3.05, 3.63) is 35.6 Å². The van der Waals surface area contributed by atoms with Gasteiger partial charge in [-0.3, -0.25) is 0 Å². The van der Waals surface area contributed by atoms with Crippen LogP contribution in [0.5, 0.6) is 0 Å². The van der Waals surface area contributed by atoms with Crippen LogP contribution in [0.1, 0.15) is 12.0 Å². The molecule has 0 aromatic heterocycles. The van der Waals surface area contributed by atoms with Gasteiger partial charge in [0.1, 0.15) is 5.82 Å². The Labute approximate surface area is 74.6 Å². The number of benzene rings is 1. The van der Waals surface area contributed by atoms with Crippen LogP contribution < -0.4 is 0 Å². The van der Waals surface area contributed by atoms with Crippen LogP contribution in [0, 0.1) is 5.82 Å². The molecule has 0 saturated carbocycles. The quantitative estimate of drug-likeness (QED) is 0.682. The first kappa shape index (κ1) is 8.72. The summed E-state index contributed by atoms with van der Waals surface area (Å²) < 4.78 is 12.4. The van der Waals surface area contributed by atoms with Gasteiger partial charge in [0.05, 0.1) is 0 Å². The monoisotopic (exact) mass is 216 g/mol. The van der Waals surface area contributed by atoms with Crippen molar-refractivity contribution in [1.29, 1.82) is 0 Å². The maximum absolute atomic E-state index is 12.4. The number of alkyl halides is 1. The molecule has 0 fully saturated rings. The second-order valence-corrected chi connectivity index (χ2v) is 3.21. The van der Waals surface area contributed by atoms with Crippen LogP contribution in [0.15, 0.2) is 24.3 Å². The van der Waals surface area contributed by atoms with E-state index >= 15 is 0 Å². The van der Waals surface area contributed by atoms with Gasteiger partial charge in [0, 0.05) is 5.33 Å². The first-order valence-electron chi connectivity index (χ1n) is 3.63. The SMILES string of the molecule is Fc1ccc(CCCBr)cc1. The molecule has 0 unspecified atom stereocenters. The van der Waals surface area contributed by atoms with Crippen molar-refractivity contribution >= 4 is 15.9 Å². The van der Waals surface area contributed by atoms with E-state index in [0.29, 0.717) is 0 Å². The van der Waals surface area contributed by atoms with E-state index in [1.807, 2.05) is 12.1 Å². The Morgan fingerprint density at radius 3 is 2.36 bits per heavy atom. The Balaban J connectivity index is 2.52. The molecule has 0 aliphatic heterocycles. The third-order valence-electron chi connectivity index (χ3n) is 1.51. The highest BCUT2D eigenvalue weighted by atomic mass is 79.9. The van der Waals surface area contributed by atoms with E-state index in [-0.39, 0.29) is 5.82 Å². The maximum atomic E-state index is 12.4. The highest BCUT2D eigenvalue weighted by molar-refractivity contribution is 9.09. The Kier molecular flexibility index (Phi) is 3.57. The molecular formula is C9H10BrF. The summed E-state index contributed by atoms with van der Waals surface area (Å²) in [7, 11) is 0. The molecule has 0 nitrogen and oxygen atoms in total. The fourth-order valence-electron chi connectivity index (χ4n) is 0.922.